The highest BCUT2D eigenvalue weighted by Crippen LogP contribution is 2.65. The lowest BCUT2D eigenvalue weighted by atomic mass is 9.45. The van der Waals surface area contributed by atoms with Gasteiger partial charge in [-0.05, 0) is 67.1 Å². The van der Waals surface area contributed by atoms with Crippen LogP contribution >= 0.6 is 0 Å². The molecule has 4 rings (SSSR count). The monoisotopic (exact) mass is 274 g/mol. The lowest BCUT2D eigenvalue weighted by molar-refractivity contribution is -0.153. The van der Waals surface area contributed by atoms with E-state index in [0.29, 0.717) is 22.5 Å². The van der Waals surface area contributed by atoms with Crippen molar-refractivity contribution in [3.63, 3.8) is 0 Å². The standard InChI is InChI=1S/C19H30O/c1-18-9-5-7-14(18)17-15(8-11-18)19(2)10-4-3-6-13(19)12-16(17)20/h13-15,17H,3-12H2,1-2H3/t13-,14-,15+,17+,18-,19+/m1/s1. The van der Waals surface area contributed by atoms with Gasteiger partial charge in [-0.1, -0.05) is 33.1 Å². The van der Waals surface area contributed by atoms with Gasteiger partial charge in [0.25, 0.3) is 0 Å². The van der Waals surface area contributed by atoms with Gasteiger partial charge in [0.05, 0.1) is 0 Å². The maximum atomic E-state index is 12.9. The van der Waals surface area contributed by atoms with Gasteiger partial charge in [-0.3, -0.25) is 4.79 Å². The van der Waals surface area contributed by atoms with E-state index in [4.69, 9.17) is 0 Å². The van der Waals surface area contributed by atoms with Crippen LogP contribution in [0.5, 0.6) is 0 Å². The summed E-state index contributed by atoms with van der Waals surface area (Å²) in [6, 6.07) is 0. The van der Waals surface area contributed by atoms with Crippen LogP contribution in [0, 0.1) is 34.5 Å². The van der Waals surface area contributed by atoms with Crippen LogP contribution in [0.25, 0.3) is 0 Å². The number of ketones is 1. The highest BCUT2D eigenvalue weighted by atomic mass is 16.1. The maximum Gasteiger partial charge on any atom is 0.136 e. The highest BCUT2D eigenvalue weighted by molar-refractivity contribution is 5.83. The van der Waals surface area contributed by atoms with Crippen molar-refractivity contribution in [3.8, 4) is 0 Å². The molecule has 20 heavy (non-hydrogen) atoms. The first-order valence-electron chi connectivity index (χ1n) is 9.07. The predicted molar refractivity (Wildman–Crippen MR) is 81.4 cm³/mol. The molecule has 1 nitrogen and oxygen atoms in total. The summed E-state index contributed by atoms with van der Waals surface area (Å²) in [5.41, 5.74) is 1.01. The van der Waals surface area contributed by atoms with Gasteiger partial charge in [0.15, 0.2) is 0 Å². The van der Waals surface area contributed by atoms with Crippen LogP contribution in [0.4, 0.5) is 0 Å². The molecule has 112 valence electrons. The molecule has 0 spiro atoms. The van der Waals surface area contributed by atoms with E-state index in [2.05, 4.69) is 13.8 Å². The van der Waals surface area contributed by atoms with Crippen molar-refractivity contribution in [1.82, 2.24) is 0 Å². The molecule has 0 heterocycles. The lowest BCUT2D eigenvalue weighted by Crippen LogP contribution is -2.55. The maximum absolute atomic E-state index is 12.9. The molecule has 0 amide bonds. The van der Waals surface area contributed by atoms with Crippen LogP contribution in [0.3, 0.4) is 0 Å². The average Bonchev–Trinajstić information content (AvgIpc) is 2.81. The Morgan fingerprint density at radius 2 is 1.75 bits per heavy atom. The van der Waals surface area contributed by atoms with E-state index < -0.39 is 0 Å². The Morgan fingerprint density at radius 1 is 0.900 bits per heavy atom. The smallest absolute Gasteiger partial charge is 0.136 e. The Hall–Kier alpha value is -0.330. The van der Waals surface area contributed by atoms with Gasteiger partial charge in [-0.2, -0.15) is 0 Å². The minimum atomic E-state index is 0.440. The second-order valence-electron chi connectivity index (χ2n) is 8.94. The molecule has 4 aliphatic carbocycles. The van der Waals surface area contributed by atoms with Crippen LogP contribution < -0.4 is 0 Å². The number of carbonyl (C=O) groups is 1. The Bertz CT molecular complexity index is 427. The number of rotatable bonds is 0. The normalized spacial score (nSPS) is 55.0. The molecule has 0 aromatic carbocycles. The molecule has 4 saturated carbocycles. The van der Waals surface area contributed by atoms with Gasteiger partial charge in [-0.25, -0.2) is 0 Å². The molecule has 0 saturated heterocycles. The first-order chi connectivity index (χ1) is 9.55. The van der Waals surface area contributed by atoms with E-state index in [1.54, 1.807) is 0 Å². The third-order valence-corrected chi connectivity index (χ3v) is 8.17. The number of fused-ring (bicyclic) bond motifs is 5. The molecule has 0 N–H and O–H groups in total. The lowest BCUT2D eigenvalue weighted by Gasteiger charge is -2.59. The molecule has 6 atom stereocenters. The van der Waals surface area contributed by atoms with Crippen molar-refractivity contribution in [2.75, 3.05) is 0 Å². The molecule has 4 aliphatic rings. The quantitative estimate of drug-likeness (QED) is 0.608. The Morgan fingerprint density at radius 3 is 2.60 bits per heavy atom. The molecular weight excluding hydrogens is 244 g/mol. The topological polar surface area (TPSA) is 17.1 Å². The van der Waals surface area contributed by atoms with Crippen LogP contribution in [0.15, 0.2) is 0 Å². The van der Waals surface area contributed by atoms with E-state index in [0.717, 1.165) is 24.2 Å². The van der Waals surface area contributed by atoms with E-state index >= 15 is 0 Å². The summed E-state index contributed by atoms with van der Waals surface area (Å²) in [6.07, 6.45) is 13.3. The molecule has 1 heteroatoms. The van der Waals surface area contributed by atoms with E-state index in [1.807, 2.05) is 0 Å². The fraction of sp³-hybridized carbons (Fsp3) is 0.947. The summed E-state index contributed by atoms with van der Waals surface area (Å²) in [7, 11) is 0. The van der Waals surface area contributed by atoms with Crippen LogP contribution in [0.2, 0.25) is 0 Å². The van der Waals surface area contributed by atoms with E-state index in [9.17, 15) is 4.79 Å². The summed E-state index contributed by atoms with van der Waals surface area (Å²) >= 11 is 0. The molecular formula is C19H30O. The zero-order valence-corrected chi connectivity index (χ0v) is 13.3. The molecule has 0 bridgehead atoms. The van der Waals surface area contributed by atoms with Crippen LogP contribution in [0.1, 0.15) is 78.1 Å². The Kier molecular flexibility index (Phi) is 2.89. The predicted octanol–water partition coefficient (Wildman–Crippen LogP) is 4.99. The minimum absolute atomic E-state index is 0.440. The van der Waals surface area contributed by atoms with Crippen molar-refractivity contribution in [3.05, 3.63) is 0 Å². The van der Waals surface area contributed by atoms with Gasteiger partial charge in [0.2, 0.25) is 0 Å². The summed E-state index contributed by atoms with van der Waals surface area (Å²) < 4.78 is 0. The zero-order valence-electron chi connectivity index (χ0n) is 13.3. The minimum Gasteiger partial charge on any atom is -0.299 e. The van der Waals surface area contributed by atoms with Gasteiger partial charge in [0, 0.05) is 12.3 Å². The number of Topliss-reactive ketones (excluding diaryl/α,β-unsaturated/α-hetero) is 1. The van der Waals surface area contributed by atoms with Crippen molar-refractivity contribution < 1.29 is 4.79 Å². The SMILES string of the molecule is C[C@]12CCC[C@@H]1[C@@H]1C(=O)C[C@H]3CCCC[C@]3(C)[C@H]1CC2. The van der Waals surface area contributed by atoms with Crippen molar-refractivity contribution in [1.29, 1.82) is 0 Å². The summed E-state index contributed by atoms with van der Waals surface area (Å²) in [5.74, 6) is 3.28. The number of hydrogen-bond acceptors (Lipinski definition) is 1. The fourth-order valence-electron chi connectivity index (χ4n) is 6.95. The van der Waals surface area contributed by atoms with Gasteiger partial charge >= 0.3 is 0 Å². The second kappa shape index (κ2) is 4.34. The summed E-state index contributed by atoms with van der Waals surface area (Å²) in [4.78, 5) is 12.9. The highest BCUT2D eigenvalue weighted by Gasteiger charge is 2.59. The second-order valence-corrected chi connectivity index (χ2v) is 8.94. The number of carbonyl (C=O) groups excluding carboxylic acids is 1. The van der Waals surface area contributed by atoms with Crippen molar-refractivity contribution in [2.45, 2.75) is 78.1 Å². The van der Waals surface area contributed by atoms with Crippen LogP contribution in [-0.2, 0) is 4.79 Å². The van der Waals surface area contributed by atoms with E-state index in [-0.39, 0.29) is 0 Å². The largest absolute Gasteiger partial charge is 0.299 e. The average molecular weight is 274 g/mol. The van der Waals surface area contributed by atoms with Gasteiger partial charge < -0.3 is 0 Å². The van der Waals surface area contributed by atoms with Gasteiger partial charge in [-0.15, -0.1) is 0 Å². The summed E-state index contributed by atoms with van der Waals surface area (Å²) in [6.45, 7) is 5.04. The van der Waals surface area contributed by atoms with Gasteiger partial charge in [0.1, 0.15) is 5.78 Å². The first kappa shape index (κ1) is 13.3. The number of hydrogen-bond donors (Lipinski definition) is 0. The zero-order chi connectivity index (χ0) is 14.0. The molecule has 0 radical (unpaired) electrons. The fourth-order valence-corrected chi connectivity index (χ4v) is 6.95. The van der Waals surface area contributed by atoms with E-state index in [1.165, 1.54) is 57.8 Å². The van der Waals surface area contributed by atoms with Crippen molar-refractivity contribution >= 4 is 5.78 Å². The third kappa shape index (κ3) is 1.64. The Labute approximate surface area is 123 Å². The van der Waals surface area contributed by atoms with Crippen LogP contribution in [-0.4, -0.2) is 5.78 Å². The molecule has 4 fully saturated rings. The van der Waals surface area contributed by atoms with Crippen molar-refractivity contribution in [2.24, 2.45) is 34.5 Å². The summed E-state index contributed by atoms with van der Waals surface area (Å²) in [5, 5.41) is 0. The Balaban J connectivity index is 1.71. The molecule has 0 unspecified atom stereocenters. The molecule has 0 aliphatic heterocycles. The molecule has 0 aromatic heterocycles. The first-order valence-corrected chi connectivity index (χ1v) is 9.07. The molecule has 0 aromatic rings. The third-order valence-electron chi connectivity index (χ3n) is 8.17.